The van der Waals surface area contributed by atoms with Gasteiger partial charge in [-0.05, 0) is 56.8 Å². The molecule has 1 aromatic carbocycles. The Kier molecular flexibility index (Phi) is 7.40. The minimum atomic E-state index is -0.775. The molecular weight excluding hydrogens is 480 g/mol. The van der Waals surface area contributed by atoms with Crippen LogP contribution in [-0.2, 0) is 6.42 Å². The number of rotatable bonds is 8. The number of aromatic amines is 1. The molecule has 9 heteroatoms. The van der Waals surface area contributed by atoms with Crippen molar-refractivity contribution in [1.82, 2.24) is 29.7 Å². The van der Waals surface area contributed by atoms with Crippen LogP contribution in [0.15, 0.2) is 54.9 Å². The Hall–Kier alpha value is -3.82. The number of H-pyrrole nitrogens is 1. The number of aromatic nitrogens is 4. The lowest BCUT2D eigenvalue weighted by molar-refractivity contribution is 0.0553. The van der Waals surface area contributed by atoms with Crippen molar-refractivity contribution in [2.75, 3.05) is 39.8 Å². The number of carbonyl (C=O) groups excluding carboxylic acids is 1. The molecule has 2 N–H and O–H groups in total. The predicted octanol–water partition coefficient (Wildman–Crippen LogP) is 3.54. The second-order valence-corrected chi connectivity index (χ2v) is 10.5. The molecule has 1 saturated heterocycles. The van der Waals surface area contributed by atoms with Gasteiger partial charge in [0.1, 0.15) is 17.3 Å². The first-order valence-electron chi connectivity index (χ1n) is 13.0. The maximum absolute atomic E-state index is 13.0. The van der Waals surface area contributed by atoms with Crippen molar-refractivity contribution in [2.45, 2.75) is 32.3 Å². The van der Waals surface area contributed by atoms with Crippen LogP contribution in [0.25, 0.3) is 22.3 Å². The highest BCUT2D eigenvalue weighted by molar-refractivity contribution is 5.98. The third-order valence-corrected chi connectivity index (χ3v) is 6.75. The third-order valence-electron chi connectivity index (χ3n) is 6.75. The summed E-state index contributed by atoms with van der Waals surface area (Å²) in [6, 6.07) is 13.5. The summed E-state index contributed by atoms with van der Waals surface area (Å²) in [7, 11) is 2.08. The van der Waals surface area contributed by atoms with E-state index in [9.17, 15) is 9.90 Å². The van der Waals surface area contributed by atoms with E-state index in [1.54, 1.807) is 32.3 Å². The van der Waals surface area contributed by atoms with Crippen LogP contribution in [-0.4, -0.2) is 86.2 Å². The fourth-order valence-electron chi connectivity index (χ4n) is 4.46. The van der Waals surface area contributed by atoms with E-state index < -0.39 is 5.60 Å². The van der Waals surface area contributed by atoms with Crippen molar-refractivity contribution in [3.63, 3.8) is 0 Å². The number of amides is 1. The Labute approximate surface area is 222 Å². The highest BCUT2D eigenvalue weighted by Crippen LogP contribution is 2.23. The number of piperazine rings is 1. The molecule has 0 atom stereocenters. The molecule has 4 heterocycles. The first kappa shape index (κ1) is 25.8. The van der Waals surface area contributed by atoms with E-state index in [1.165, 1.54) is 0 Å². The monoisotopic (exact) mass is 514 g/mol. The summed E-state index contributed by atoms with van der Waals surface area (Å²) >= 11 is 0. The van der Waals surface area contributed by atoms with Crippen LogP contribution < -0.4 is 4.74 Å². The number of likely N-dealkylation sites (N-methyl/N-ethyl adjacent to an activating group) is 1. The number of fused-ring (bicyclic) bond motifs is 1. The zero-order chi connectivity index (χ0) is 26.7. The zero-order valence-corrected chi connectivity index (χ0v) is 22.1. The SMILES string of the molecule is CN1CCN(C(=O)c2cc3cc(Cc4nccc(-c5cc(OCCC(C)(C)O)ccn5)n4)ccc3[nH]2)CC1. The summed E-state index contributed by atoms with van der Waals surface area (Å²) in [6.07, 6.45) is 4.51. The molecule has 0 saturated carbocycles. The number of aliphatic hydroxyl groups is 1. The molecule has 1 aliphatic rings. The van der Waals surface area contributed by atoms with Gasteiger partial charge in [0.05, 0.1) is 23.6 Å². The van der Waals surface area contributed by atoms with E-state index >= 15 is 0 Å². The van der Waals surface area contributed by atoms with Gasteiger partial charge < -0.3 is 24.6 Å². The predicted molar refractivity (Wildman–Crippen MR) is 146 cm³/mol. The fourth-order valence-corrected chi connectivity index (χ4v) is 4.46. The van der Waals surface area contributed by atoms with Crippen molar-refractivity contribution in [3.8, 4) is 17.1 Å². The fraction of sp³-hybridized carbons (Fsp3) is 0.379. The Balaban J connectivity index is 1.28. The number of nitrogens with zero attached hydrogens (tertiary/aromatic N) is 5. The van der Waals surface area contributed by atoms with Crippen molar-refractivity contribution in [1.29, 1.82) is 0 Å². The molecule has 1 aliphatic heterocycles. The number of ether oxygens (including phenoxy) is 1. The lowest BCUT2D eigenvalue weighted by Crippen LogP contribution is -2.47. The summed E-state index contributed by atoms with van der Waals surface area (Å²) in [6.45, 7) is 7.21. The average Bonchev–Trinajstić information content (AvgIpc) is 3.32. The van der Waals surface area contributed by atoms with Gasteiger partial charge in [0.25, 0.3) is 5.91 Å². The molecule has 1 amide bonds. The van der Waals surface area contributed by atoms with Gasteiger partial charge >= 0.3 is 0 Å². The van der Waals surface area contributed by atoms with Crippen molar-refractivity contribution in [3.05, 3.63) is 71.9 Å². The van der Waals surface area contributed by atoms with Gasteiger partial charge in [0.15, 0.2) is 0 Å². The molecule has 0 radical (unpaired) electrons. The summed E-state index contributed by atoms with van der Waals surface area (Å²) in [4.78, 5) is 34.1. The number of benzene rings is 1. The maximum atomic E-state index is 13.0. The molecule has 0 bridgehead atoms. The van der Waals surface area contributed by atoms with Crippen LogP contribution >= 0.6 is 0 Å². The van der Waals surface area contributed by atoms with Crippen LogP contribution in [0.5, 0.6) is 5.75 Å². The Morgan fingerprint density at radius 1 is 1.03 bits per heavy atom. The van der Waals surface area contributed by atoms with Gasteiger partial charge in [0.2, 0.25) is 0 Å². The Morgan fingerprint density at radius 3 is 2.61 bits per heavy atom. The minimum Gasteiger partial charge on any atom is -0.493 e. The highest BCUT2D eigenvalue weighted by Gasteiger charge is 2.22. The molecule has 198 valence electrons. The van der Waals surface area contributed by atoms with E-state index in [0.29, 0.717) is 48.1 Å². The molecular formula is C29H34N6O3. The van der Waals surface area contributed by atoms with E-state index in [2.05, 4.69) is 33.0 Å². The van der Waals surface area contributed by atoms with E-state index in [1.807, 2.05) is 35.2 Å². The van der Waals surface area contributed by atoms with Crippen molar-refractivity contribution in [2.24, 2.45) is 0 Å². The van der Waals surface area contributed by atoms with E-state index in [-0.39, 0.29) is 5.91 Å². The highest BCUT2D eigenvalue weighted by atomic mass is 16.5. The summed E-state index contributed by atoms with van der Waals surface area (Å²) in [5, 5.41) is 10.9. The molecule has 5 rings (SSSR count). The molecule has 0 aliphatic carbocycles. The van der Waals surface area contributed by atoms with Gasteiger partial charge in [-0.15, -0.1) is 0 Å². The average molecular weight is 515 g/mol. The second-order valence-electron chi connectivity index (χ2n) is 10.5. The standard InChI is InChI=1S/C29H34N6O3/c1-29(2,37)8-15-38-22-6-9-30-25(19-22)24-7-10-31-27(33-24)17-20-4-5-23-21(16-20)18-26(32-23)28(36)35-13-11-34(3)12-14-35/h4-7,9-10,16,18-19,32,37H,8,11-15,17H2,1-3H3. The number of pyridine rings is 1. The van der Waals surface area contributed by atoms with Crippen molar-refractivity contribution >= 4 is 16.8 Å². The van der Waals surface area contributed by atoms with Crippen LogP contribution in [0.4, 0.5) is 0 Å². The summed E-state index contributed by atoms with van der Waals surface area (Å²) in [5.74, 6) is 1.41. The molecule has 4 aromatic rings. The van der Waals surface area contributed by atoms with Crippen LogP contribution in [0, 0.1) is 0 Å². The first-order chi connectivity index (χ1) is 18.2. The third kappa shape index (κ3) is 6.35. The molecule has 3 aromatic heterocycles. The van der Waals surface area contributed by atoms with Crippen LogP contribution in [0.2, 0.25) is 0 Å². The normalized spacial score (nSPS) is 14.7. The van der Waals surface area contributed by atoms with Gasteiger partial charge in [-0.1, -0.05) is 6.07 Å². The van der Waals surface area contributed by atoms with Gasteiger partial charge in [-0.2, -0.15) is 0 Å². The molecule has 0 unspecified atom stereocenters. The first-order valence-corrected chi connectivity index (χ1v) is 13.0. The van der Waals surface area contributed by atoms with Crippen LogP contribution in [0.3, 0.4) is 0 Å². The minimum absolute atomic E-state index is 0.0469. The quantitative estimate of drug-likeness (QED) is 0.370. The van der Waals surface area contributed by atoms with Crippen LogP contribution in [0.1, 0.15) is 42.1 Å². The zero-order valence-electron chi connectivity index (χ0n) is 22.1. The molecule has 1 fully saturated rings. The molecule has 0 spiro atoms. The number of hydrogen-bond acceptors (Lipinski definition) is 7. The van der Waals surface area contributed by atoms with Gasteiger partial charge in [-0.3, -0.25) is 9.78 Å². The molecule has 9 nitrogen and oxygen atoms in total. The number of hydrogen-bond donors (Lipinski definition) is 2. The van der Waals surface area contributed by atoms with E-state index in [4.69, 9.17) is 9.72 Å². The van der Waals surface area contributed by atoms with Crippen molar-refractivity contribution < 1.29 is 14.6 Å². The largest absolute Gasteiger partial charge is 0.493 e. The second kappa shape index (κ2) is 10.9. The van der Waals surface area contributed by atoms with E-state index in [0.717, 1.165) is 42.6 Å². The smallest absolute Gasteiger partial charge is 0.270 e. The maximum Gasteiger partial charge on any atom is 0.270 e. The molecule has 38 heavy (non-hydrogen) atoms. The lowest BCUT2D eigenvalue weighted by Gasteiger charge is -2.32. The lowest BCUT2D eigenvalue weighted by atomic mass is 10.1. The summed E-state index contributed by atoms with van der Waals surface area (Å²) < 4.78 is 5.80. The number of nitrogens with one attached hydrogen (secondary N) is 1. The summed E-state index contributed by atoms with van der Waals surface area (Å²) in [5.41, 5.74) is 3.25. The Morgan fingerprint density at radius 2 is 1.82 bits per heavy atom. The van der Waals surface area contributed by atoms with Gasteiger partial charge in [-0.25, -0.2) is 9.97 Å². The topological polar surface area (TPSA) is 107 Å². The van der Waals surface area contributed by atoms with Gasteiger partial charge in [0, 0.05) is 68.4 Å². The Bertz CT molecular complexity index is 1420. The number of carbonyl (C=O) groups is 1.